The van der Waals surface area contributed by atoms with Crippen molar-refractivity contribution in [3.63, 3.8) is 0 Å². The molecule has 0 saturated carbocycles. The lowest BCUT2D eigenvalue weighted by Crippen LogP contribution is -2.06. The maximum absolute atomic E-state index is 12.0. The van der Waals surface area contributed by atoms with E-state index in [9.17, 15) is 9.90 Å². The third-order valence-corrected chi connectivity index (χ3v) is 3.74. The Morgan fingerprint density at radius 1 is 1.29 bits per heavy atom. The van der Waals surface area contributed by atoms with E-state index in [1.807, 2.05) is 31.2 Å². The number of carbonyl (C=O) groups excluding carboxylic acids is 1. The first-order valence-electron chi connectivity index (χ1n) is 7.08. The van der Waals surface area contributed by atoms with Gasteiger partial charge < -0.3 is 14.4 Å². The Labute approximate surface area is 146 Å². The smallest absolute Gasteiger partial charge is 0.342 e. The molecule has 3 rings (SSSR count). The topological polar surface area (TPSA) is 85.5 Å². The molecule has 0 saturated heterocycles. The zero-order valence-electron chi connectivity index (χ0n) is 12.7. The highest BCUT2D eigenvalue weighted by atomic mass is 79.9. The van der Waals surface area contributed by atoms with E-state index in [0.717, 1.165) is 15.6 Å². The molecule has 0 aliphatic carbocycles. The summed E-state index contributed by atoms with van der Waals surface area (Å²) in [5.41, 5.74) is 1.72. The van der Waals surface area contributed by atoms with Crippen LogP contribution in [-0.2, 0) is 11.3 Å². The van der Waals surface area contributed by atoms with E-state index in [0.29, 0.717) is 5.82 Å². The van der Waals surface area contributed by atoms with Gasteiger partial charge in [0.05, 0.1) is 0 Å². The summed E-state index contributed by atoms with van der Waals surface area (Å²) in [5, 5.41) is 13.6. The first-order chi connectivity index (χ1) is 11.5. The van der Waals surface area contributed by atoms with E-state index in [1.54, 1.807) is 12.1 Å². The number of phenolic OH excluding ortho intramolecular Hbond substituents is 1. The lowest BCUT2D eigenvalue weighted by atomic mass is 10.1. The number of hydrogen-bond donors (Lipinski definition) is 1. The van der Waals surface area contributed by atoms with Crippen LogP contribution in [0, 0.1) is 6.92 Å². The number of aryl methyl sites for hydroxylation is 1. The normalized spacial score (nSPS) is 10.6. The lowest BCUT2D eigenvalue weighted by Gasteiger charge is -2.05. The van der Waals surface area contributed by atoms with Crippen LogP contribution in [0.3, 0.4) is 0 Å². The van der Waals surface area contributed by atoms with Crippen molar-refractivity contribution in [2.45, 2.75) is 13.5 Å². The van der Waals surface area contributed by atoms with Gasteiger partial charge in [-0.2, -0.15) is 4.98 Å². The first-order valence-corrected chi connectivity index (χ1v) is 7.87. The molecule has 6 nitrogen and oxygen atoms in total. The average molecular weight is 389 g/mol. The van der Waals surface area contributed by atoms with Crippen molar-refractivity contribution < 1.29 is 19.2 Å². The van der Waals surface area contributed by atoms with Gasteiger partial charge in [-0.05, 0) is 31.2 Å². The number of nitrogens with zero attached hydrogens (tertiary/aromatic N) is 2. The highest BCUT2D eigenvalue weighted by Gasteiger charge is 2.15. The molecule has 0 spiro atoms. The summed E-state index contributed by atoms with van der Waals surface area (Å²) in [4.78, 5) is 16.2. The van der Waals surface area contributed by atoms with Crippen molar-refractivity contribution in [3.8, 4) is 17.1 Å². The molecule has 24 heavy (non-hydrogen) atoms. The summed E-state index contributed by atoms with van der Waals surface area (Å²) < 4.78 is 11.1. The van der Waals surface area contributed by atoms with E-state index >= 15 is 0 Å². The standard InChI is InChI=1S/C17H13BrN2O4/c1-10-5-6-14(21)13(7-10)17(22)23-9-15-19-16(20-24-15)11-3-2-4-12(18)8-11/h2-8,21H,9H2,1H3. The second-order valence-corrected chi connectivity index (χ2v) is 6.03. The van der Waals surface area contributed by atoms with Crippen LogP contribution >= 0.6 is 15.9 Å². The molecule has 1 heterocycles. The summed E-state index contributed by atoms with van der Waals surface area (Å²) in [6, 6.07) is 12.1. The number of aromatic hydroxyl groups is 1. The predicted molar refractivity (Wildman–Crippen MR) is 89.4 cm³/mol. The number of ether oxygens (including phenoxy) is 1. The maximum atomic E-state index is 12.0. The van der Waals surface area contributed by atoms with E-state index in [2.05, 4.69) is 26.1 Å². The minimum absolute atomic E-state index is 0.0988. The SMILES string of the molecule is Cc1ccc(O)c(C(=O)OCc2nc(-c3cccc(Br)c3)no2)c1. The van der Waals surface area contributed by atoms with Crippen molar-refractivity contribution in [1.82, 2.24) is 10.1 Å². The molecule has 0 radical (unpaired) electrons. The Morgan fingerprint density at radius 3 is 2.92 bits per heavy atom. The molecule has 0 bridgehead atoms. The van der Waals surface area contributed by atoms with Gasteiger partial charge in [0.25, 0.3) is 5.89 Å². The fourth-order valence-corrected chi connectivity index (χ4v) is 2.48. The Hall–Kier alpha value is -2.67. The molecule has 122 valence electrons. The molecule has 3 aromatic rings. The Kier molecular flexibility index (Phi) is 4.61. The van der Waals surface area contributed by atoms with Crippen LogP contribution in [0.4, 0.5) is 0 Å². The number of esters is 1. The summed E-state index contributed by atoms with van der Waals surface area (Å²) in [5.74, 6) is -0.212. The van der Waals surface area contributed by atoms with Gasteiger partial charge in [0, 0.05) is 10.0 Å². The average Bonchev–Trinajstić information content (AvgIpc) is 3.04. The van der Waals surface area contributed by atoms with Crippen LogP contribution < -0.4 is 0 Å². The van der Waals surface area contributed by atoms with Gasteiger partial charge in [-0.25, -0.2) is 4.79 Å². The van der Waals surface area contributed by atoms with Gasteiger partial charge in [-0.15, -0.1) is 0 Å². The number of hydrogen-bond acceptors (Lipinski definition) is 6. The largest absolute Gasteiger partial charge is 0.507 e. The number of rotatable bonds is 4. The van der Waals surface area contributed by atoms with E-state index in [1.165, 1.54) is 6.07 Å². The van der Waals surface area contributed by atoms with Gasteiger partial charge in [0.1, 0.15) is 11.3 Å². The van der Waals surface area contributed by atoms with Gasteiger partial charge in [-0.3, -0.25) is 0 Å². The van der Waals surface area contributed by atoms with Crippen LogP contribution in [0.15, 0.2) is 51.5 Å². The first kappa shape index (κ1) is 16.2. The third kappa shape index (κ3) is 3.62. The minimum atomic E-state index is -0.654. The molecule has 1 N–H and O–H groups in total. The van der Waals surface area contributed by atoms with Crippen LogP contribution in [0.1, 0.15) is 21.8 Å². The molecular weight excluding hydrogens is 376 g/mol. The van der Waals surface area contributed by atoms with Gasteiger partial charge in [0.15, 0.2) is 6.61 Å². The van der Waals surface area contributed by atoms with E-state index < -0.39 is 5.97 Å². The van der Waals surface area contributed by atoms with Crippen molar-refractivity contribution in [3.05, 3.63) is 64.0 Å². The fraction of sp³-hybridized carbons (Fsp3) is 0.118. The molecule has 2 aromatic carbocycles. The summed E-state index contributed by atoms with van der Waals surface area (Å²) in [6.07, 6.45) is 0. The van der Waals surface area contributed by atoms with Crippen LogP contribution in [0.2, 0.25) is 0 Å². The highest BCUT2D eigenvalue weighted by molar-refractivity contribution is 9.10. The van der Waals surface area contributed by atoms with Crippen molar-refractivity contribution in [2.24, 2.45) is 0 Å². The number of aromatic nitrogens is 2. The number of halogens is 1. The molecule has 1 aromatic heterocycles. The Balaban J connectivity index is 1.69. The Morgan fingerprint density at radius 2 is 2.12 bits per heavy atom. The molecule has 0 amide bonds. The molecule has 0 atom stereocenters. The van der Waals surface area contributed by atoms with Gasteiger partial charge in [0.2, 0.25) is 5.82 Å². The molecule has 0 fully saturated rings. The summed E-state index contributed by atoms with van der Waals surface area (Å²) >= 11 is 3.38. The third-order valence-electron chi connectivity index (χ3n) is 3.25. The van der Waals surface area contributed by atoms with Crippen molar-refractivity contribution in [2.75, 3.05) is 0 Å². The number of benzene rings is 2. The fourth-order valence-electron chi connectivity index (χ4n) is 2.08. The van der Waals surface area contributed by atoms with Crippen LogP contribution in [0.5, 0.6) is 5.75 Å². The van der Waals surface area contributed by atoms with Gasteiger partial charge >= 0.3 is 5.97 Å². The number of carbonyl (C=O) groups is 1. The molecular formula is C17H13BrN2O4. The Bertz CT molecular complexity index is 892. The second-order valence-electron chi connectivity index (χ2n) is 5.12. The maximum Gasteiger partial charge on any atom is 0.342 e. The van der Waals surface area contributed by atoms with Crippen LogP contribution in [0.25, 0.3) is 11.4 Å². The molecule has 0 aliphatic heterocycles. The zero-order valence-corrected chi connectivity index (χ0v) is 14.3. The summed E-state index contributed by atoms with van der Waals surface area (Å²) in [7, 11) is 0. The quantitative estimate of drug-likeness (QED) is 0.682. The predicted octanol–water partition coefficient (Wildman–Crippen LogP) is 3.87. The monoisotopic (exact) mass is 388 g/mol. The summed E-state index contributed by atoms with van der Waals surface area (Å²) in [6.45, 7) is 1.64. The number of phenols is 1. The van der Waals surface area contributed by atoms with Crippen molar-refractivity contribution >= 4 is 21.9 Å². The molecule has 0 aliphatic rings. The van der Waals surface area contributed by atoms with E-state index in [4.69, 9.17) is 9.26 Å². The highest BCUT2D eigenvalue weighted by Crippen LogP contribution is 2.22. The van der Waals surface area contributed by atoms with E-state index in [-0.39, 0.29) is 23.8 Å². The molecule has 0 unspecified atom stereocenters. The lowest BCUT2D eigenvalue weighted by molar-refractivity contribution is 0.0426. The zero-order chi connectivity index (χ0) is 17.1. The van der Waals surface area contributed by atoms with Crippen molar-refractivity contribution in [1.29, 1.82) is 0 Å². The second kappa shape index (κ2) is 6.84. The minimum Gasteiger partial charge on any atom is -0.507 e. The molecule has 7 heteroatoms. The van der Waals surface area contributed by atoms with Gasteiger partial charge in [-0.1, -0.05) is 44.8 Å². The van der Waals surface area contributed by atoms with Crippen LogP contribution in [-0.4, -0.2) is 21.2 Å².